The first-order valence-corrected chi connectivity index (χ1v) is 9.86. The van der Waals surface area contributed by atoms with Gasteiger partial charge in [-0.2, -0.15) is 0 Å². The molecule has 1 aliphatic rings. The van der Waals surface area contributed by atoms with Gasteiger partial charge >= 0.3 is 0 Å². The number of ether oxygens (including phenoxy) is 1. The number of hydrogen-bond donors (Lipinski definition) is 1. The molecule has 0 radical (unpaired) electrons. The molecule has 1 N–H and O–H groups in total. The predicted octanol–water partition coefficient (Wildman–Crippen LogP) is 2.85. The quantitative estimate of drug-likeness (QED) is 0.721. The van der Waals surface area contributed by atoms with Crippen LogP contribution in [0.1, 0.15) is 33.6 Å². The molecular weight excluding hydrogens is 342 g/mol. The van der Waals surface area contributed by atoms with Crippen LogP contribution >= 0.6 is 0 Å². The maximum Gasteiger partial charge on any atom is 0.260 e. The summed E-state index contributed by atoms with van der Waals surface area (Å²) in [5.74, 6) is 1.80. The number of nitrogens with zero attached hydrogens (tertiary/aromatic N) is 2. The molecule has 1 fully saturated rings. The minimum atomic E-state index is -0.0284. The van der Waals surface area contributed by atoms with Crippen molar-refractivity contribution < 1.29 is 14.3 Å². The molecule has 1 atom stereocenters. The molecular formula is C21H33N3O3. The molecule has 0 unspecified atom stereocenters. The molecule has 0 saturated carbocycles. The van der Waals surface area contributed by atoms with Gasteiger partial charge in [0.25, 0.3) is 5.91 Å². The summed E-state index contributed by atoms with van der Waals surface area (Å²) in [6.45, 7) is 10.4. The molecule has 0 aliphatic carbocycles. The first-order chi connectivity index (χ1) is 12.9. The number of likely N-dealkylation sites (N-methyl/N-ethyl adjacent to an activating group) is 1. The summed E-state index contributed by atoms with van der Waals surface area (Å²) in [4.78, 5) is 28.0. The highest BCUT2D eigenvalue weighted by molar-refractivity contribution is 5.90. The number of anilines is 1. The molecule has 1 heterocycles. The van der Waals surface area contributed by atoms with Crippen molar-refractivity contribution in [3.63, 3.8) is 0 Å². The molecule has 2 rings (SSSR count). The zero-order chi connectivity index (χ0) is 19.8. The molecule has 1 aliphatic heterocycles. The Bertz CT molecular complexity index is 616. The first kappa shape index (κ1) is 21.2. The summed E-state index contributed by atoms with van der Waals surface area (Å²) in [6.07, 6.45) is 1.59. The van der Waals surface area contributed by atoms with Gasteiger partial charge < -0.3 is 19.9 Å². The maximum atomic E-state index is 12.3. The fourth-order valence-corrected chi connectivity index (χ4v) is 3.37. The van der Waals surface area contributed by atoms with E-state index in [1.807, 2.05) is 14.0 Å². The zero-order valence-corrected chi connectivity index (χ0v) is 17.0. The van der Waals surface area contributed by atoms with Gasteiger partial charge in [0.05, 0.1) is 0 Å². The van der Waals surface area contributed by atoms with Crippen molar-refractivity contribution >= 4 is 17.5 Å². The topological polar surface area (TPSA) is 61.9 Å². The normalized spacial score (nSPS) is 17.1. The number of likely N-dealkylation sites (tertiary alicyclic amines) is 1. The Hall–Kier alpha value is -2.08. The highest BCUT2D eigenvalue weighted by Crippen LogP contribution is 2.19. The second-order valence-corrected chi connectivity index (χ2v) is 7.80. The monoisotopic (exact) mass is 375 g/mol. The van der Waals surface area contributed by atoms with Crippen molar-refractivity contribution in [3.8, 4) is 5.75 Å². The summed E-state index contributed by atoms with van der Waals surface area (Å²) in [7, 11) is 1.85. The van der Waals surface area contributed by atoms with Crippen LogP contribution in [0.4, 0.5) is 5.69 Å². The van der Waals surface area contributed by atoms with Gasteiger partial charge in [-0.1, -0.05) is 20.8 Å². The fraction of sp³-hybridized carbons (Fsp3) is 0.619. The molecule has 0 bridgehead atoms. The van der Waals surface area contributed by atoms with Crippen LogP contribution < -0.4 is 10.1 Å². The van der Waals surface area contributed by atoms with Crippen molar-refractivity contribution in [2.75, 3.05) is 45.2 Å². The number of nitrogens with one attached hydrogen (secondary N) is 1. The maximum absolute atomic E-state index is 12.3. The highest BCUT2D eigenvalue weighted by Gasteiger charge is 2.25. The molecule has 1 aromatic rings. The smallest absolute Gasteiger partial charge is 0.260 e. The van der Waals surface area contributed by atoms with Gasteiger partial charge in [-0.3, -0.25) is 9.59 Å². The minimum absolute atomic E-state index is 0.0133. The largest absolute Gasteiger partial charge is 0.484 e. The van der Waals surface area contributed by atoms with Gasteiger partial charge in [-0.25, -0.2) is 0 Å². The highest BCUT2D eigenvalue weighted by atomic mass is 16.5. The van der Waals surface area contributed by atoms with Crippen LogP contribution in [0.2, 0.25) is 0 Å². The lowest BCUT2D eigenvalue weighted by Crippen LogP contribution is -2.36. The standard InChI is InChI=1S/C21H33N3O3/c1-5-20(25)22-18-6-8-19(9-7-18)27-15-21(26)23(4)13-17-10-11-24(14-17)12-16(2)3/h6-9,16-17H,5,10-15H2,1-4H3,(H,22,25)/t17-/m1/s1. The number of carbonyl (C=O) groups excluding carboxylic acids is 2. The summed E-state index contributed by atoms with van der Waals surface area (Å²) in [5.41, 5.74) is 0.727. The average molecular weight is 376 g/mol. The lowest BCUT2D eigenvalue weighted by atomic mass is 10.1. The molecule has 0 spiro atoms. The lowest BCUT2D eigenvalue weighted by molar-refractivity contribution is -0.132. The molecule has 150 valence electrons. The van der Waals surface area contributed by atoms with E-state index in [0.29, 0.717) is 24.0 Å². The number of amides is 2. The van der Waals surface area contributed by atoms with Crippen molar-refractivity contribution in [3.05, 3.63) is 24.3 Å². The number of rotatable bonds is 9. The van der Waals surface area contributed by atoms with Crippen molar-refractivity contribution in [1.82, 2.24) is 9.80 Å². The Morgan fingerprint density at radius 1 is 1.30 bits per heavy atom. The molecule has 0 aromatic heterocycles. The molecule has 1 aromatic carbocycles. The van der Waals surface area contributed by atoms with E-state index in [0.717, 1.165) is 38.3 Å². The number of hydrogen-bond acceptors (Lipinski definition) is 4. The summed E-state index contributed by atoms with van der Waals surface area (Å²) in [5, 5.41) is 2.78. The van der Waals surface area contributed by atoms with Gasteiger partial charge in [0.15, 0.2) is 6.61 Å². The van der Waals surface area contributed by atoms with E-state index < -0.39 is 0 Å². The second-order valence-electron chi connectivity index (χ2n) is 7.80. The average Bonchev–Trinajstić information content (AvgIpc) is 3.06. The Kier molecular flexibility index (Phi) is 8.10. The fourth-order valence-electron chi connectivity index (χ4n) is 3.37. The van der Waals surface area contributed by atoms with Crippen LogP contribution in [0.5, 0.6) is 5.75 Å². The lowest BCUT2D eigenvalue weighted by Gasteiger charge is -2.22. The number of carbonyl (C=O) groups is 2. The van der Waals surface area contributed by atoms with Crippen LogP contribution in [0, 0.1) is 11.8 Å². The SMILES string of the molecule is CCC(=O)Nc1ccc(OCC(=O)N(C)C[C@H]2CCN(CC(C)C)C2)cc1. The van der Waals surface area contributed by atoms with E-state index in [4.69, 9.17) is 4.74 Å². The second kappa shape index (κ2) is 10.3. The number of benzene rings is 1. The minimum Gasteiger partial charge on any atom is -0.484 e. The third kappa shape index (κ3) is 7.21. The summed E-state index contributed by atoms with van der Waals surface area (Å²) < 4.78 is 5.60. The molecule has 6 heteroatoms. The molecule has 1 saturated heterocycles. The van der Waals surface area contributed by atoms with E-state index in [1.54, 1.807) is 29.2 Å². The third-order valence-electron chi connectivity index (χ3n) is 4.77. The van der Waals surface area contributed by atoms with Gasteiger partial charge in [0, 0.05) is 38.8 Å². The van der Waals surface area contributed by atoms with Crippen LogP contribution in [-0.2, 0) is 9.59 Å². The van der Waals surface area contributed by atoms with E-state index in [1.165, 1.54) is 0 Å². The Labute approximate surface area is 162 Å². The summed E-state index contributed by atoms with van der Waals surface area (Å²) in [6, 6.07) is 7.08. The Balaban J connectivity index is 1.72. The van der Waals surface area contributed by atoms with Crippen molar-refractivity contribution in [2.24, 2.45) is 11.8 Å². The van der Waals surface area contributed by atoms with Gasteiger partial charge in [0.2, 0.25) is 5.91 Å². The molecule has 6 nitrogen and oxygen atoms in total. The predicted molar refractivity (Wildman–Crippen MR) is 108 cm³/mol. The van der Waals surface area contributed by atoms with Crippen LogP contribution in [0.25, 0.3) is 0 Å². The van der Waals surface area contributed by atoms with Crippen LogP contribution in [-0.4, -0.2) is 61.4 Å². The summed E-state index contributed by atoms with van der Waals surface area (Å²) >= 11 is 0. The Morgan fingerprint density at radius 2 is 2.00 bits per heavy atom. The third-order valence-corrected chi connectivity index (χ3v) is 4.77. The zero-order valence-electron chi connectivity index (χ0n) is 17.0. The first-order valence-electron chi connectivity index (χ1n) is 9.86. The van der Waals surface area contributed by atoms with Crippen LogP contribution in [0.3, 0.4) is 0 Å². The van der Waals surface area contributed by atoms with Crippen LogP contribution in [0.15, 0.2) is 24.3 Å². The van der Waals surface area contributed by atoms with E-state index in [-0.39, 0.29) is 18.4 Å². The van der Waals surface area contributed by atoms with E-state index in [2.05, 4.69) is 24.1 Å². The Morgan fingerprint density at radius 3 is 2.63 bits per heavy atom. The van der Waals surface area contributed by atoms with E-state index in [9.17, 15) is 9.59 Å². The van der Waals surface area contributed by atoms with Gasteiger partial charge in [-0.05, 0) is 49.1 Å². The molecule has 2 amide bonds. The van der Waals surface area contributed by atoms with Gasteiger partial charge in [-0.15, -0.1) is 0 Å². The van der Waals surface area contributed by atoms with Gasteiger partial charge in [0.1, 0.15) is 5.75 Å². The molecule has 27 heavy (non-hydrogen) atoms. The van der Waals surface area contributed by atoms with Crippen molar-refractivity contribution in [1.29, 1.82) is 0 Å². The van der Waals surface area contributed by atoms with Crippen molar-refractivity contribution in [2.45, 2.75) is 33.6 Å². The van der Waals surface area contributed by atoms with E-state index >= 15 is 0 Å².